The van der Waals surface area contributed by atoms with Crippen LogP contribution < -0.4 is 20.5 Å². The lowest BCUT2D eigenvalue weighted by Gasteiger charge is -2.08. The summed E-state index contributed by atoms with van der Waals surface area (Å²) in [5.74, 6) is 2.25. The molecule has 0 spiro atoms. The van der Waals surface area contributed by atoms with Crippen LogP contribution in [0, 0.1) is 0 Å². The van der Waals surface area contributed by atoms with Crippen LogP contribution in [0.1, 0.15) is 0 Å². The molecule has 2 heterocycles. The maximum absolute atomic E-state index is 5.54. The van der Waals surface area contributed by atoms with Crippen molar-refractivity contribution < 1.29 is 9.47 Å². The summed E-state index contributed by atoms with van der Waals surface area (Å²) in [7, 11) is 0. The Bertz CT molecular complexity index is 606. The zero-order valence-electron chi connectivity index (χ0n) is 9.18. The Labute approximate surface area is 111 Å². The highest BCUT2D eigenvalue weighted by Gasteiger charge is 2.13. The predicted octanol–water partition coefficient (Wildman–Crippen LogP) is 2.29. The highest BCUT2D eigenvalue weighted by molar-refractivity contribution is 9.10. The lowest BCUT2D eigenvalue weighted by atomic mass is 10.3. The topological polar surface area (TPSA) is 82.3 Å². The second kappa shape index (κ2) is 4.34. The Hall–Kier alpha value is -2.02. The fraction of sp³-hybridized carbons (Fsp3) is 0.0909. The van der Waals surface area contributed by atoms with Crippen LogP contribution in [-0.2, 0) is 0 Å². The summed E-state index contributed by atoms with van der Waals surface area (Å²) in [6.07, 6.45) is 1.59. The number of rotatable bonds is 2. The van der Waals surface area contributed by atoms with Gasteiger partial charge in [-0.25, -0.2) is 4.98 Å². The number of anilines is 3. The Morgan fingerprint density at radius 1 is 1.28 bits per heavy atom. The van der Waals surface area contributed by atoms with E-state index in [-0.39, 0.29) is 12.7 Å². The largest absolute Gasteiger partial charge is 0.454 e. The molecule has 3 rings (SSSR count). The highest BCUT2D eigenvalue weighted by atomic mass is 79.9. The molecule has 0 fully saturated rings. The zero-order chi connectivity index (χ0) is 12.5. The number of nitrogens with one attached hydrogen (secondary N) is 1. The van der Waals surface area contributed by atoms with Crippen LogP contribution in [0.5, 0.6) is 11.5 Å². The van der Waals surface area contributed by atoms with Crippen molar-refractivity contribution >= 4 is 33.4 Å². The molecule has 1 aliphatic heterocycles. The third-order valence-electron chi connectivity index (χ3n) is 2.40. The number of ether oxygens (including phenoxy) is 2. The molecular weight excluding hydrogens is 300 g/mol. The van der Waals surface area contributed by atoms with Crippen LogP contribution in [-0.4, -0.2) is 16.8 Å². The fourth-order valence-corrected chi connectivity index (χ4v) is 1.87. The number of nitrogens with two attached hydrogens (primary N) is 1. The maximum Gasteiger partial charge on any atom is 0.231 e. The SMILES string of the molecule is Nc1ncc(Br)c(Nc2ccc3c(c2)OCO3)n1. The summed E-state index contributed by atoms with van der Waals surface area (Å²) in [6.45, 7) is 0.253. The van der Waals surface area contributed by atoms with Crippen LogP contribution >= 0.6 is 15.9 Å². The van der Waals surface area contributed by atoms with E-state index in [1.54, 1.807) is 6.20 Å². The molecule has 1 aromatic heterocycles. The normalized spacial score (nSPS) is 12.5. The van der Waals surface area contributed by atoms with Crippen molar-refractivity contribution in [1.82, 2.24) is 9.97 Å². The molecular formula is C11H9BrN4O2. The summed E-state index contributed by atoms with van der Waals surface area (Å²) in [4.78, 5) is 7.97. The van der Waals surface area contributed by atoms with Crippen LogP contribution in [0.25, 0.3) is 0 Å². The van der Waals surface area contributed by atoms with Crippen molar-refractivity contribution in [2.45, 2.75) is 0 Å². The first-order valence-electron chi connectivity index (χ1n) is 5.17. The Balaban J connectivity index is 1.90. The van der Waals surface area contributed by atoms with E-state index in [4.69, 9.17) is 15.2 Å². The van der Waals surface area contributed by atoms with E-state index in [1.165, 1.54) is 0 Å². The van der Waals surface area contributed by atoms with Crippen LogP contribution in [0.3, 0.4) is 0 Å². The van der Waals surface area contributed by atoms with Crippen LogP contribution in [0.15, 0.2) is 28.9 Å². The minimum absolute atomic E-state index is 0.210. The molecule has 6 nitrogen and oxygen atoms in total. The van der Waals surface area contributed by atoms with Gasteiger partial charge < -0.3 is 20.5 Å². The van der Waals surface area contributed by atoms with Crippen molar-refractivity contribution in [2.75, 3.05) is 17.8 Å². The van der Waals surface area contributed by atoms with Gasteiger partial charge in [0.15, 0.2) is 11.5 Å². The molecule has 7 heteroatoms. The monoisotopic (exact) mass is 308 g/mol. The van der Waals surface area contributed by atoms with E-state index >= 15 is 0 Å². The van der Waals surface area contributed by atoms with Crippen LogP contribution in [0.2, 0.25) is 0 Å². The summed E-state index contributed by atoms with van der Waals surface area (Å²) in [5.41, 5.74) is 6.38. The van der Waals surface area contributed by atoms with Crippen LogP contribution in [0.4, 0.5) is 17.5 Å². The molecule has 18 heavy (non-hydrogen) atoms. The van der Waals surface area contributed by atoms with E-state index in [0.29, 0.717) is 11.6 Å². The number of hydrogen-bond donors (Lipinski definition) is 2. The van der Waals surface area contributed by atoms with E-state index in [9.17, 15) is 0 Å². The van der Waals surface area contributed by atoms with E-state index < -0.39 is 0 Å². The Morgan fingerprint density at radius 3 is 3.00 bits per heavy atom. The lowest BCUT2D eigenvalue weighted by Crippen LogP contribution is -2.00. The van der Waals surface area contributed by atoms with E-state index in [2.05, 4.69) is 31.2 Å². The number of fused-ring (bicyclic) bond motifs is 1. The quantitative estimate of drug-likeness (QED) is 0.886. The second-order valence-corrected chi connectivity index (χ2v) is 4.47. The first kappa shape index (κ1) is 11.1. The average molecular weight is 309 g/mol. The smallest absolute Gasteiger partial charge is 0.231 e. The van der Waals surface area contributed by atoms with Gasteiger partial charge in [-0.05, 0) is 28.1 Å². The molecule has 0 saturated carbocycles. The minimum atomic E-state index is 0.210. The van der Waals surface area contributed by atoms with Gasteiger partial charge in [-0.2, -0.15) is 4.98 Å². The number of nitrogen functional groups attached to an aromatic ring is 1. The number of hydrogen-bond acceptors (Lipinski definition) is 6. The molecule has 0 unspecified atom stereocenters. The van der Waals surface area contributed by atoms with Crippen molar-refractivity contribution in [1.29, 1.82) is 0 Å². The highest BCUT2D eigenvalue weighted by Crippen LogP contribution is 2.35. The molecule has 0 atom stereocenters. The van der Waals surface area contributed by atoms with Crippen molar-refractivity contribution in [2.24, 2.45) is 0 Å². The van der Waals surface area contributed by atoms with Gasteiger partial charge in [0.2, 0.25) is 12.7 Å². The number of aromatic nitrogens is 2. The van der Waals surface area contributed by atoms with Crippen molar-refractivity contribution in [3.8, 4) is 11.5 Å². The lowest BCUT2D eigenvalue weighted by molar-refractivity contribution is 0.174. The Kier molecular flexibility index (Phi) is 2.67. The molecule has 1 aliphatic rings. The van der Waals surface area contributed by atoms with E-state index in [0.717, 1.165) is 15.9 Å². The summed E-state index contributed by atoms with van der Waals surface area (Å²) in [6, 6.07) is 5.55. The van der Waals surface area contributed by atoms with Gasteiger partial charge in [0.05, 0.1) is 4.47 Å². The molecule has 0 bridgehead atoms. The Morgan fingerprint density at radius 2 is 2.11 bits per heavy atom. The maximum atomic E-state index is 5.54. The standard InChI is InChI=1S/C11H9BrN4O2/c12-7-4-14-11(13)16-10(7)15-6-1-2-8-9(3-6)18-5-17-8/h1-4H,5H2,(H3,13,14,15,16). The molecule has 2 aromatic rings. The van der Waals surface area contributed by atoms with Gasteiger partial charge in [-0.3, -0.25) is 0 Å². The van der Waals surface area contributed by atoms with Gasteiger partial charge in [0, 0.05) is 18.0 Å². The summed E-state index contributed by atoms with van der Waals surface area (Å²) >= 11 is 3.35. The van der Waals surface area contributed by atoms with Crippen molar-refractivity contribution in [3.63, 3.8) is 0 Å². The zero-order valence-corrected chi connectivity index (χ0v) is 10.8. The molecule has 3 N–H and O–H groups in total. The first-order chi connectivity index (χ1) is 8.72. The fourth-order valence-electron chi connectivity index (χ4n) is 1.58. The molecule has 1 aromatic carbocycles. The molecule has 0 radical (unpaired) electrons. The third-order valence-corrected chi connectivity index (χ3v) is 2.98. The number of nitrogens with zero attached hydrogens (tertiary/aromatic N) is 2. The van der Waals surface area contributed by atoms with Gasteiger partial charge in [-0.1, -0.05) is 0 Å². The van der Waals surface area contributed by atoms with Gasteiger partial charge in [0.25, 0.3) is 0 Å². The predicted molar refractivity (Wildman–Crippen MR) is 70.0 cm³/mol. The third kappa shape index (κ3) is 2.04. The average Bonchev–Trinajstić information content (AvgIpc) is 2.81. The van der Waals surface area contributed by atoms with Crippen molar-refractivity contribution in [3.05, 3.63) is 28.9 Å². The molecule has 0 aliphatic carbocycles. The number of benzene rings is 1. The van der Waals surface area contributed by atoms with Gasteiger partial charge >= 0.3 is 0 Å². The van der Waals surface area contributed by atoms with Gasteiger partial charge in [-0.15, -0.1) is 0 Å². The summed E-state index contributed by atoms with van der Waals surface area (Å²) < 4.78 is 11.3. The molecule has 92 valence electrons. The second-order valence-electron chi connectivity index (χ2n) is 3.62. The molecule has 0 saturated heterocycles. The number of halogens is 1. The molecule has 0 amide bonds. The minimum Gasteiger partial charge on any atom is -0.454 e. The first-order valence-corrected chi connectivity index (χ1v) is 5.96. The van der Waals surface area contributed by atoms with Gasteiger partial charge in [0.1, 0.15) is 5.82 Å². The van der Waals surface area contributed by atoms with E-state index in [1.807, 2.05) is 18.2 Å². The summed E-state index contributed by atoms with van der Waals surface area (Å²) in [5, 5.41) is 3.13.